The van der Waals surface area contributed by atoms with E-state index in [0.717, 1.165) is 12.5 Å². The van der Waals surface area contributed by atoms with E-state index >= 15 is 0 Å². The first-order valence-electron chi connectivity index (χ1n) is 6.56. The van der Waals surface area contributed by atoms with E-state index in [1.807, 2.05) is 13.8 Å². The Hall–Kier alpha value is -1.86. The molecule has 1 unspecified atom stereocenters. The van der Waals surface area contributed by atoms with Crippen LogP contribution in [0.5, 0.6) is 0 Å². The minimum absolute atomic E-state index is 0.0639. The van der Waals surface area contributed by atoms with Crippen LogP contribution in [-0.4, -0.2) is 32.1 Å². The lowest BCUT2D eigenvalue weighted by Gasteiger charge is -2.17. The Labute approximate surface area is 124 Å². The van der Waals surface area contributed by atoms with E-state index in [-0.39, 0.29) is 23.0 Å². The van der Waals surface area contributed by atoms with E-state index in [4.69, 9.17) is 5.11 Å². The molecule has 21 heavy (non-hydrogen) atoms. The van der Waals surface area contributed by atoms with Gasteiger partial charge >= 0.3 is 5.97 Å². The van der Waals surface area contributed by atoms with Gasteiger partial charge in [-0.3, -0.25) is 0 Å². The third-order valence-corrected chi connectivity index (χ3v) is 4.41. The molecule has 0 amide bonds. The number of carbonyl (C=O) groups is 1. The molecule has 0 aliphatic rings. The number of hydrogen-bond acceptors (Lipinski definition) is 4. The van der Waals surface area contributed by atoms with Gasteiger partial charge in [0.2, 0.25) is 10.0 Å². The molecule has 0 saturated heterocycles. The van der Waals surface area contributed by atoms with E-state index in [1.54, 1.807) is 0 Å². The van der Waals surface area contributed by atoms with Crippen LogP contribution >= 0.6 is 0 Å². The number of sulfonamides is 1. The molecule has 116 valence electrons. The van der Waals surface area contributed by atoms with Crippen LogP contribution in [0.2, 0.25) is 0 Å². The lowest BCUT2D eigenvalue weighted by Crippen LogP contribution is -2.26. The summed E-state index contributed by atoms with van der Waals surface area (Å²) >= 11 is 0. The van der Waals surface area contributed by atoms with Crippen LogP contribution in [0.4, 0.5) is 5.69 Å². The largest absolute Gasteiger partial charge is 0.478 e. The van der Waals surface area contributed by atoms with Gasteiger partial charge in [-0.2, -0.15) is 0 Å². The highest BCUT2D eigenvalue weighted by Gasteiger charge is 2.20. The summed E-state index contributed by atoms with van der Waals surface area (Å²) in [4.78, 5) is 11.0. The second kappa shape index (κ2) is 7.24. The van der Waals surface area contributed by atoms with Crippen LogP contribution < -0.4 is 10.0 Å². The highest BCUT2D eigenvalue weighted by atomic mass is 32.2. The second-order valence-corrected chi connectivity index (χ2v) is 6.35. The fourth-order valence-electron chi connectivity index (χ4n) is 1.61. The molecular formula is C14H20N2O4S. The van der Waals surface area contributed by atoms with Gasteiger partial charge in [-0.25, -0.2) is 17.9 Å². The van der Waals surface area contributed by atoms with Gasteiger partial charge in [0.05, 0.1) is 11.3 Å². The van der Waals surface area contributed by atoms with Crippen LogP contribution in [0.1, 0.15) is 30.6 Å². The van der Waals surface area contributed by atoms with Gasteiger partial charge in [-0.15, -0.1) is 6.58 Å². The first-order valence-corrected chi connectivity index (χ1v) is 8.04. The molecule has 0 radical (unpaired) electrons. The molecular weight excluding hydrogens is 292 g/mol. The molecule has 0 saturated carbocycles. The average molecular weight is 312 g/mol. The Morgan fingerprint density at radius 1 is 1.48 bits per heavy atom. The van der Waals surface area contributed by atoms with Gasteiger partial charge in [0, 0.05) is 12.6 Å². The summed E-state index contributed by atoms with van der Waals surface area (Å²) < 4.78 is 26.9. The molecule has 0 aliphatic carbocycles. The van der Waals surface area contributed by atoms with Gasteiger partial charge in [-0.05, 0) is 31.5 Å². The summed E-state index contributed by atoms with van der Waals surface area (Å²) in [6.07, 6.45) is 2.22. The molecule has 6 nitrogen and oxygen atoms in total. The number of nitrogens with one attached hydrogen (secondary N) is 2. The summed E-state index contributed by atoms with van der Waals surface area (Å²) in [5, 5.41) is 12.1. The zero-order valence-corrected chi connectivity index (χ0v) is 12.9. The number of carboxylic acids is 1. The molecule has 1 atom stereocenters. The average Bonchev–Trinajstić information content (AvgIpc) is 2.45. The van der Waals surface area contributed by atoms with Crippen molar-refractivity contribution >= 4 is 21.7 Å². The number of carboxylic acid groups (broad SMARTS) is 1. The summed E-state index contributed by atoms with van der Waals surface area (Å²) in [6.45, 7) is 7.40. The lowest BCUT2D eigenvalue weighted by atomic mass is 10.2. The van der Waals surface area contributed by atoms with Crippen molar-refractivity contribution in [1.82, 2.24) is 4.72 Å². The maximum absolute atomic E-state index is 12.3. The van der Waals surface area contributed by atoms with Crippen molar-refractivity contribution in [3.63, 3.8) is 0 Å². The van der Waals surface area contributed by atoms with Crippen LogP contribution in [0.25, 0.3) is 0 Å². The van der Waals surface area contributed by atoms with Gasteiger partial charge in [0.15, 0.2) is 0 Å². The van der Waals surface area contributed by atoms with Crippen molar-refractivity contribution in [2.24, 2.45) is 0 Å². The molecule has 0 spiro atoms. The molecule has 0 aliphatic heterocycles. The molecule has 0 fully saturated rings. The fourth-order valence-corrected chi connectivity index (χ4v) is 2.80. The Morgan fingerprint density at radius 3 is 2.67 bits per heavy atom. The van der Waals surface area contributed by atoms with E-state index in [9.17, 15) is 13.2 Å². The van der Waals surface area contributed by atoms with Crippen molar-refractivity contribution in [3.05, 3.63) is 36.4 Å². The fraction of sp³-hybridized carbons (Fsp3) is 0.357. The number of hydrogen-bond donors (Lipinski definition) is 3. The molecule has 0 bridgehead atoms. The molecule has 1 aromatic carbocycles. The normalized spacial score (nSPS) is 12.7. The van der Waals surface area contributed by atoms with Crippen molar-refractivity contribution in [2.45, 2.75) is 31.2 Å². The van der Waals surface area contributed by atoms with E-state index < -0.39 is 16.0 Å². The molecule has 0 heterocycles. The molecule has 7 heteroatoms. The minimum Gasteiger partial charge on any atom is -0.478 e. The van der Waals surface area contributed by atoms with Gasteiger partial charge in [0.25, 0.3) is 0 Å². The smallest absolute Gasteiger partial charge is 0.335 e. The van der Waals surface area contributed by atoms with E-state index in [1.165, 1.54) is 18.2 Å². The Morgan fingerprint density at radius 2 is 2.14 bits per heavy atom. The Bertz CT molecular complexity index is 626. The quantitative estimate of drug-likeness (QED) is 0.639. The standard InChI is InChI=1S/C14H20N2O4S/c1-4-8-15-21(19,20)13-9-11(14(17)18)6-7-12(13)16-10(3)5-2/h4,6-7,9-10,15-16H,1,5,8H2,2-3H3,(H,17,18). The maximum Gasteiger partial charge on any atom is 0.335 e. The summed E-state index contributed by atoms with van der Waals surface area (Å²) in [7, 11) is -3.81. The Balaban J connectivity index is 3.31. The number of anilines is 1. The Kier molecular flexibility index (Phi) is 5.92. The summed E-state index contributed by atoms with van der Waals surface area (Å²) in [5.41, 5.74) is 0.301. The summed E-state index contributed by atoms with van der Waals surface area (Å²) in [6, 6.07) is 4.06. The predicted octanol–water partition coefficient (Wildman–Crippen LogP) is 2.06. The first-order chi connectivity index (χ1) is 9.81. The van der Waals surface area contributed by atoms with Gasteiger partial charge in [-0.1, -0.05) is 13.0 Å². The van der Waals surface area contributed by atoms with Crippen LogP contribution in [-0.2, 0) is 10.0 Å². The number of aromatic carboxylic acids is 1. The third kappa shape index (κ3) is 4.57. The maximum atomic E-state index is 12.3. The van der Waals surface area contributed by atoms with Crippen molar-refractivity contribution in [1.29, 1.82) is 0 Å². The minimum atomic E-state index is -3.81. The monoisotopic (exact) mass is 312 g/mol. The molecule has 1 aromatic rings. The van der Waals surface area contributed by atoms with Crippen LogP contribution in [0.15, 0.2) is 35.7 Å². The SMILES string of the molecule is C=CCNS(=O)(=O)c1cc(C(=O)O)ccc1NC(C)CC. The number of rotatable bonds is 8. The summed E-state index contributed by atoms with van der Waals surface area (Å²) in [5.74, 6) is -1.18. The topological polar surface area (TPSA) is 95.5 Å². The van der Waals surface area contributed by atoms with Crippen molar-refractivity contribution < 1.29 is 18.3 Å². The van der Waals surface area contributed by atoms with Crippen LogP contribution in [0, 0.1) is 0 Å². The van der Waals surface area contributed by atoms with Crippen molar-refractivity contribution in [2.75, 3.05) is 11.9 Å². The second-order valence-electron chi connectivity index (χ2n) is 4.61. The van der Waals surface area contributed by atoms with E-state index in [0.29, 0.717) is 5.69 Å². The molecule has 0 aromatic heterocycles. The van der Waals surface area contributed by atoms with E-state index in [2.05, 4.69) is 16.6 Å². The predicted molar refractivity (Wildman–Crippen MR) is 82.2 cm³/mol. The highest BCUT2D eigenvalue weighted by molar-refractivity contribution is 7.89. The molecule has 3 N–H and O–H groups in total. The first kappa shape index (κ1) is 17.2. The van der Waals surface area contributed by atoms with Gasteiger partial charge < -0.3 is 10.4 Å². The highest BCUT2D eigenvalue weighted by Crippen LogP contribution is 2.24. The molecule has 1 rings (SSSR count). The van der Waals surface area contributed by atoms with Gasteiger partial charge in [0.1, 0.15) is 4.90 Å². The number of benzene rings is 1. The van der Waals surface area contributed by atoms with Crippen LogP contribution in [0.3, 0.4) is 0 Å². The lowest BCUT2D eigenvalue weighted by molar-refractivity contribution is 0.0696. The third-order valence-electron chi connectivity index (χ3n) is 2.95. The van der Waals surface area contributed by atoms with Crippen molar-refractivity contribution in [3.8, 4) is 0 Å². The zero-order valence-electron chi connectivity index (χ0n) is 12.1. The zero-order chi connectivity index (χ0) is 16.0.